The van der Waals surface area contributed by atoms with Crippen molar-refractivity contribution in [2.45, 2.75) is 64.2 Å². The normalized spacial score (nSPS) is 19.7. The Morgan fingerprint density at radius 1 is 1.07 bits per heavy atom. The minimum atomic E-state index is 0.259. The highest BCUT2D eigenvalue weighted by Gasteiger charge is 2.27. The fourth-order valence-corrected chi connectivity index (χ4v) is 4.40. The lowest BCUT2D eigenvalue weighted by molar-refractivity contribution is 0.169. The Morgan fingerprint density at radius 2 is 1.79 bits per heavy atom. The molecule has 2 aliphatic heterocycles. The molecular formula is C21H33N7. The molecule has 7 heteroatoms. The van der Waals surface area contributed by atoms with Crippen LogP contribution >= 0.6 is 0 Å². The highest BCUT2D eigenvalue weighted by molar-refractivity contribution is 5.62. The fraction of sp³-hybridized carbons (Fsp3) is 0.571. The number of nitrogens with zero attached hydrogens (tertiary/aromatic N) is 3. The van der Waals surface area contributed by atoms with E-state index in [0.717, 1.165) is 19.4 Å². The van der Waals surface area contributed by atoms with Crippen LogP contribution < -0.4 is 21.9 Å². The number of nitrogens with one attached hydrogen (secondary N) is 4. The molecule has 0 spiro atoms. The van der Waals surface area contributed by atoms with E-state index in [0.29, 0.717) is 12.0 Å². The Morgan fingerprint density at radius 3 is 2.46 bits per heavy atom. The van der Waals surface area contributed by atoms with E-state index in [1.807, 2.05) is 0 Å². The lowest BCUT2D eigenvalue weighted by Crippen LogP contribution is -2.38. The van der Waals surface area contributed by atoms with Crippen molar-refractivity contribution in [3.8, 4) is 11.3 Å². The predicted molar refractivity (Wildman–Crippen MR) is 112 cm³/mol. The molecule has 28 heavy (non-hydrogen) atoms. The van der Waals surface area contributed by atoms with Crippen molar-refractivity contribution in [3.63, 3.8) is 0 Å². The van der Waals surface area contributed by atoms with Gasteiger partial charge in [0.2, 0.25) is 0 Å². The first-order valence-corrected chi connectivity index (χ1v) is 10.6. The van der Waals surface area contributed by atoms with Gasteiger partial charge < -0.3 is 9.47 Å². The van der Waals surface area contributed by atoms with E-state index in [4.69, 9.17) is 4.98 Å². The number of aryl methyl sites for hydroxylation is 1. The fourth-order valence-electron chi connectivity index (χ4n) is 4.40. The number of aromatic nitrogens is 2. The predicted octanol–water partition coefficient (Wildman–Crippen LogP) is 2.36. The number of hydrazine groups is 3. The summed E-state index contributed by atoms with van der Waals surface area (Å²) in [5.74, 6) is 0.582. The van der Waals surface area contributed by atoms with Crippen LogP contribution in [0.3, 0.4) is 0 Å². The molecule has 0 amide bonds. The topological polar surface area (TPSA) is 69.2 Å². The first-order chi connectivity index (χ1) is 13.7. The summed E-state index contributed by atoms with van der Waals surface area (Å²) in [4.78, 5) is 7.45. The van der Waals surface area contributed by atoms with E-state index in [9.17, 15) is 0 Å². The molecule has 1 aromatic carbocycles. The monoisotopic (exact) mass is 383 g/mol. The summed E-state index contributed by atoms with van der Waals surface area (Å²) in [5.41, 5.74) is 15.9. The zero-order valence-corrected chi connectivity index (χ0v) is 17.0. The van der Waals surface area contributed by atoms with Gasteiger partial charge in [-0.05, 0) is 52.6 Å². The molecule has 0 unspecified atom stereocenters. The molecule has 2 saturated heterocycles. The second-order valence-corrected chi connectivity index (χ2v) is 8.18. The van der Waals surface area contributed by atoms with E-state index in [-0.39, 0.29) is 6.17 Å². The molecule has 2 aliphatic rings. The number of imidazole rings is 1. The van der Waals surface area contributed by atoms with Crippen molar-refractivity contribution in [1.82, 2.24) is 36.4 Å². The van der Waals surface area contributed by atoms with Crippen LogP contribution in [0, 0.1) is 0 Å². The number of benzene rings is 1. The Labute approximate surface area is 167 Å². The Balaban J connectivity index is 1.51. The van der Waals surface area contributed by atoms with Crippen LogP contribution in [-0.4, -0.2) is 39.7 Å². The average Bonchev–Trinajstić information content (AvgIpc) is 3.39. The molecule has 7 nitrogen and oxygen atoms in total. The number of rotatable bonds is 7. The van der Waals surface area contributed by atoms with Gasteiger partial charge in [-0.2, -0.15) is 11.1 Å². The summed E-state index contributed by atoms with van der Waals surface area (Å²) >= 11 is 0. The molecule has 1 aromatic heterocycles. The van der Waals surface area contributed by atoms with Crippen LogP contribution in [0.25, 0.3) is 11.3 Å². The molecule has 152 valence electrons. The Bertz CT molecular complexity index is 728. The molecule has 0 bridgehead atoms. The summed E-state index contributed by atoms with van der Waals surface area (Å²) in [6.07, 6.45) is 6.88. The van der Waals surface area contributed by atoms with Gasteiger partial charge in [0.15, 0.2) is 0 Å². The number of hydrogen-bond donors (Lipinski definition) is 4. The quantitative estimate of drug-likeness (QED) is 0.589. The van der Waals surface area contributed by atoms with E-state index in [1.165, 1.54) is 42.9 Å². The lowest BCUT2D eigenvalue weighted by Gasteiger charge is -2.35. The highest BCUT2D eigenvalue weighted by atomic mass is 15.8. The maximum absolute atomic E-state index is 4.86. The number of piperidine rings is 1. The van der Waals surface area contributed by atoms with E-state index in [1.54, 1.807) is 0 Å². The van der Waals surface area contributed by atoms with Crippen molar-refractivity contribution in [1.29, 1.82) is 0 Å². The summed E-state index contributed by atoms with van der Waals surface area (Å²) in [5, 5.41) is 0. The van der Waals surface area contributed by atoms with Crippen molar-refractivity contribution in [3.05, 3.63) is 42.4 Å². The largest absolute Gasteiger partial charge is 0.334 e. The van der Waals surface area contributed by atoms with E-state index >= 15 is 0 Å². The van der Waals surface area contributed by atoms with Crippen LogP contribution in [0.2, 0.25) is 0 Å². The van der Waals surface area contributed by atoms with Crippen LogP contribution in [-0.2, 0) is 6.54 Å². The van der Waals surface area contributed by atoms with Gasteiger partial charge >= 0.3 is 0 Å². The molecule has 3 heterocycles. The smallest absolute Gasteiger partial charge is 0.0956 e. The minimum absolute atomic E-state index is 0.259. The first-order valence-electron chi connectivity index (χ1n) is 10.6. The maximum atomic E-state index is 4.86. The van der Waals surface area contributed by atoms with Crippen LogP contribution in [0.1, 0.15) is 51.1 Å². The molecule has 0 atom stereocenters. The van der Waals surface area contributed by atoms with Crippen LogP contribution in [0.4, 0.5) is 0 Å². The second kappa shape index (κ2) is 9.15. The van der Waals surface area contributed by atoms with Crippen molar-refractivity contribution >= 4 is 0 Å². The summed E-state index contributed by atoms with van der Waals surface area (Å²) < 4.78 is 2.41. The molecule has 4 rings (SSSR count). The number of likely N-dealkylation sites (tertiary alicyclic amines) is 1. The zero-order chi connectivity index (χ0) is 19.3. The third kappa shape index (κ3) is 4.45. The minimum Gasteiger partial charge on any atom is -0.334 e. The van der Waals surface area contributed by atoms with Crippen LogP contribution in [0.15, 0.2) is 36.7 Å². The molecule has 4 N–H and O–H groups in total. The molecule has 2 fully saturated rings. The third-order valence-corrected chi connectivity index (χ3v) is 6.02. The highest BCUT2D eigenvalue weighted by Crippen LogP contribution is 2.35. The number of hydrogen-bond acceptors (Lipinski definition) is 6. The van der Waals surface area contributed by atoms with Gasteiger partial charge in [0.1, 0.15) is 0 Å². The van der Waals surface area contributed by atoms with Gasteiger partial charge in [0.25, 0.3) is 0 Å². The molecule has 0 saturated carbocycles. The lowest BCUT2D eigenvalue weighted by atomic mass is 9.90. The molecule has 0 radical (unpaired) electrons. The van der Waals surface area contributed by atoms with Gasteiger partial charge in [-0.3, -0.25) is 0 Å². The van der Waals surface area contributed by atoms with Gasteiger partial charge in [-0.1, -0.05) is 30.3 Å². The maximum Gasteiger partial charge on any atom is 0.0956 e. The van der Waals surface area contributed by atoms with Gasteiger partial charge in [-0.15, -0.1) is 0 Å². The molecule has 2 aromatic rings. The standard InChI is InChI=1S/C21H33N7/c1-16(2)27-13-10-18(11-14-27)21-20(17-7-4-3-5-8-17)22-15-28(21)12-6-9-19-23-25-26-24-19/h3-5,7-8,15-16,18-19,23-26H,6,9-14H2,1-2H3. The third-order valence-electron chi connectivity index (χ3n) is 6.02. The first kappa shape index (κ1) is 19.5. The molecule has 0 aliphatic carbocycles. The average molecular weight is 384 g/mol. The summed E-state index contributed by atoms with van der Waals surface area (Å²) in [7, 11) is 0. The van der Waals surface area contributed by atoms with Crippen LogP contribution in [0.5, 0.6) is 0 Å². The zero-order valence-electron chi connectivity index (χ0n) is 17.0. The van der Waals surface area contributed by atoms with Crippen molar-refractivity contribution < 1.29 is 0 Å². The van der Waals surface area contributed by atoms with Gasteiger partial charge in [-0.25, -0.2) is 15.8 Å². The Hall–Kier alpha value is -1.77. The van der Waals surface area contributed by atoms with Crippen molar-refractivity contribution in [2.24, 2.45) is 0 Å². The molecular weight excluding hydrogens is 350 g/mol. The summed E-state index contributed by atoms with van der Waals surface area (Å²) in [6, 6.07) is 11.3. The second-order valence-electron chi connectivity index (χ2n) is 8.18. The van der Waals surface area contributed by atoms with E-state index < -0.39 is 0 Å². The summed E-state index contributed by atoms with van der Waals surface area (Å²) in [6.45, 7) is 7.95. The van der Waals surface area contributed by atoms with E-state index in [2.05, 4.69) is 81.9 Å². The van der Waals surface area contributed by atoms with Crippen molar-refractivity contribution in [2.75, 3.05) is 13.1 Å². The SMILES string of the molecule is CC(C)N1CCC(c2c(-c3ccccc3)ncn2CCCC2NNNN2)CC1. The Kier molecular flexibility index (Phi) is 6.39. The van der Waals surface area contributed by atoms with Gasteiger partial charge in [0.05, 0.1) is 18.2 Å². The van der Waals surface area contributed by atoms with Gasteiger partial charge in [0, 0.05) is 29.8 Å².